The third-order valence-electron chi connectivity index (χ3n) is 2.16. The second-order valence-electron chi connectivity index (χ2n) is 3.26. The molecule has 1 aromatic carbocycles. The normalized spacial score (nSPS) is 12.2. The molecule has 0 aliphatic rings. The van der Waals surface area contributed by atoms with Crippen LogP contribution < -0.4 is 9.47 Å². The van der Waals surface area contributed by atoms with E-state index in [1.54, 1.807) is 31.4 Å². The minimum atomic E-state index is -0.509. The van der Waals surface area contributed by atoms with Crippen LogP contribution in [0.25, 0.3) is 0 Å². The molecule has 1 aromatic rings. The summed E-state index contributed by atoms with van der Waals surface area (Å²) in [6.45, 7) is -0.189. The highest BCUT2D eigenvalue weighted by Gasteiger charge is 2.06. The van der Waals surface area contributed by atoms with Gasteiger partial charge in [-0.3, -0.25) is 0 Å². The molecular formula is C12H17O5. The van der Waals surface area contributed by atoms with Gasteiger partial charge in [0.25, 0.3) is 0 Å². The summed E-state index contributed by atoms with van der Waals surface area (Å²) in [5.41, 5.74) is 0. The Morgan fingerprint density at radius 2 is 1.76 bits per heavy atom. The Labute approximate surface area is 101 Å². The highest BCUT2D eigenvalue weighted by Crippen LogP contribution is 2.17. The molecule has 1 unspecified atom stereocenters. The molecule has 5 nitrogen and oxygen atoms in total. The molecule has 0 heterocycles. The molecule has 0 spiro atoms. The lowest BCUT2D eigenvalue weighted by Gasteiger charge is -2.15. The molecule has 1 rings (SSSR count). The summed E-state index contributed by atoms with van der Waals surface area (Å²) in [4.78, 5) is 0. The largest absolute Gasteiger partial charge is 0.497 e. The fraction of sp³-hybridized carbons (Fsp3) is 0.500. The van der Waals surface area contributed by atoms with Crippen molar-refractivity contribution in [2.75, 3.05) is 27.6 Å². The molecule has 0 amide bonds. The quantitative estimate of drug-likeness (QED) is 0.652. The molecule has 1 radical (unpaired) electrons. The van der Waals surface area contributed by atoms with Crippen LogP contribution in [0.4, 0.5) is 0 Å². The fourth-order valence-corrected chi connectivity index (χ4v) is 1.22. The van der Waals surface area contributed by atoms with E-state index >= 15 is 0 Å². The van der Waals surface area contributed by atoms with Gasteiger partial charge in [-0.25, -0.2) is 5.11 Å². The van der Waals surface area contributed by atoms with E-state index in [4.69, 9.17) is 18.9 Å². The third-order valence-corrected chi connectivity index (χ3v) is 2.16. The van der Waals surface area contributed by atoms with Crippen molar-refractivity contribution in [3.8, 4) is 11.5 Å². The fourth-order valence-electron chi connectivity index (χ4n) is 1.22. The minimum absolute atomic E-state index is 0.0465. The van der Waals surface area contributed by atoms with E-state index in [9.17, 15) is 5.11 Å². The van der Waals surface area contributed by atoms with Gasteiger partial charge in [-0.1, -0.05) is 0 Å². The van der Waals surface area contributed by atoms with E-state index in [0.717, 1.165) is 5.75 Å². The van der Waals surface area contributed by atoms with Gasteiger partial charge in [0.2, 0.25) is 0 Å². The van der Waals surface area contributed by atoms with Crippen molar-refractivity contribution in [3.05, 3.63) is 24.3 Å². The predicted octanol–water partition coefficient (Wildman–Crippen LogP) is 1.84. The summed E-state index contributed by atoms with van der Waals surface area (Å²) in [5, 5.41) is 10.4. The zero-order valence-electron chi connectivity index (χ0n) is 10.0. The molecule has 5 heteroatoms. The smallest absolute Gasteiger partial charge is 0.191 e. The van der Waals surface area contributed by atoms with Crippen LogP contribution in [0.15, 0.2) is 24.3 Å². The second kappa shape index (κ2) is 7.89. The van der Waals surface area contributed by atoms with Gasteiger partial charge in [-0.15, -0.1) is 0 Å². The van der Waals surface area contributed by atoms with E-state index in [1.807, 2.05) is 0 Å². The third kappa shape index (κ3) is 5.04. The molecule has 0 saturated heterocycles. The Hall–Kier alpha value is -1.30. The number of methoxy groups -OCH3 is 2. The zero-order chi connectivity index (χ0) is 12.5. The first kappa shape index (κ1) is 13.8. The molecule has 0 saturated carbocycles. The van der Waals surface area contributed by atoms with Gasteiger partial charge < -0.3 is 18.9 Å². The van der Waals surface area contributed by atoms with E-state index < -0.39 is 6.29 Å². The van der Waals surface area contributed by atoms with Crippen molar-refractivity contribution in [2.45, 2.75) is 12.7 Å². The first-order valence-electron chi connectivity index (χ1n) is 5.29. The van der Waals surface area contributed by atoms with Crippen LogP contribution in [-0.4, -0.2) is 33.9 Å². The summed E-state index contributed by atoms with van der Waals surface area (Å²) in [7, 11) is 3.10. The average molecular weight is 241 g/mol. The lowest BCUT2D eigenvalue weighted by molar-refractivity contribution is -0.168. The Kier molecular flexibility index (Phi) is 6.39. The Bertz CT molecular complexity index is 298. The molecule has 0 aromatic heterocycles. The van der Waals surface area contributed by atoms with Gasteiger partial charge in [0.1, 0.15) is 11.5 Å². The zero-order valence-corrected chi connectivity index (χ0v) is 10.0. The minimum Gasteiger partial charge on any atom is -0.497 e. The molecule has 0 aliphatic heterocycles. The van der Waals surface area contributed by atoms with Crippen LogP contribution in [0.5, 0.6) is 11.5 Å². The maximum absolute atomic E-state index is 10.4. The summed E-state index contributed by atoms with van der Waals surface area (Å²) < 4.78 is 20.5. The molecular weight excluding hydrogens is 224 g/mol. The summed E-state index contributed by atoms with van der Waals surface area (Å²) in [5.74, 6) is 1.43. The maximum Gasteiger partial charge on any atom is 0.191 e. The topological polar surface area (TPSA) is 56.8 Å². The summed E-state index contributed by atoms with van der Waals surface area (Å²) >= 11 is 0. The molecule has 17 heavy (non-hydrogen) atoms. The van der Waals surface area contributed by atoms with Crippen molar-refractivity contribution in [3.63, 3.8) is 0 Å². The van der Waals surface area contributed by atoms with Gasteiger partial charge >= 0.3 is 0 Å². The van der Waals surface area contributed by atoms with Crippen LogP contribution in [0, 0.1) is 0 Å². The van der Waals surface area contributed by atoms with Crippen LogP contribution in [0.3, 0.4) is 0 Å². The lowest BCUT2D eigenvalue weighted by atomic mass is 10.3. The van der Waals surface area contributed by atoms with E-state index in [-0.39, 0.29) is 13.4 Å². The van der Waals surface area contributed by atoms with E-state index in [2.05, 4.69) is 0 Å². The number of hydrogen-bond donors (Lipinski definition) is 0. The summed E-state index contributed by atoms with van der Waals surface area (Å²) in [6, 6.07) is 7.14. The standard InChI is InChI=1S/C12H17O5/c1-14-10-3-5-11(6-4-10)16-9-17-12(15-2)7-8-13/h3-6,12H,7-9H2,1-2H3. The van der Waals surface area contributed by atoms with Crippen molar-refractivity contribution in [2.24, 2.45) is 0 Å². The van der Waals surface area contributed by atoms with E-state index in [0.29, 0.717) is 12.2 Å². The molecule has 0 fully saturated rings. The maximum atomic E-state index is 10.4. The number of benzene rings is 1. The monoisotopic (exact) mass is 241 g/mol. The lowest BCUT2D eigenvalue weighted by Crippen LogP contribution is -2.19. The van der Waals surface area contributed by atoms with Gasteiger partial charge in [0.05, 0.1) is 13.7 Å². The van der Waals surface area contributed by atoms with E-state index in [1.165, 1.54) is 7.11 Å². The van der Waals surface area contributed by atoms with Crippen molar-refractivity contribution >= 4 is 0 Å². The number of hydrogen-bond acceptors (Lipinski definition) is 4. The molecule has 0 aliphatic carbocycles. The Morgan fingerprint density at radius 1 is 1.12 bits per heavy atom. The van der Waals surface area contributed by atoms with Crippen LogP contribution in [-0.2, 0) is 14.6 Å². The molecule has 95 valence electrons. The van der Waals surface area contributed by atoms with Gasteiger partial charge in [-0.2, -0.15) is 0 Å². The number of ether oxygens (including phenoxy) is 4. The predicted molar refractivity (Wildman–Crippen MR) is 60.5 cm³/mol. The SMILES string of the molecule is COc1ccc(OCOC(CC[O])OC)cc1. The average Bonchev–Trinajstić information content (AvgIpc) is 2.38. The van der Waals surface area contributed by atoms with Crippen LogP contribution >= 0.6 is 0 Å². The van der Waals surface area contributed by atoms with Crippen molar-refractivity contribution in [1.29, 1.82) is 0 Å². The first-order chi connectivity index (χ1) is 8.30. The number of rotatable bonds is 8. The highest BCUT2D eigenvalue weighted by molar-refractivity contribution is 5.30. The molecule has 1 atom stereocenters. The summed E-state index contributed by atoms with van der Waals surface area (Å²) in [6.07, 6.45) is -0.201. The van der Waals surface area contributed by atoms with Gasteiger partial charge in [0.15, 0.2) is 13.1 Å². The Morgan fingerprint density at radius 3 is 2.29 bits per heavy atom. The van der Waals surface area contributed by atoms with Crippen molar-refractivity contribution in [1.82, 2.24) is 0 Å². The first-order valence-corrected chi connectivity index (χ1v) is 5.29. The van der Waals surface area contributed by atoms with Gasteiger partial charge in [0, 0.05) is 13.5 Å². The molecule has 0 N–H and O–H groups in total. The van der Waals surface area contributed by atoms with Crippen LogP contribution in [0.2, 0.25) is 0 Å². The van der Waals surface area contributed by atoms with Crippen LogP contribution in [0.1, 0.15) is 6.42 Å². The highest BCUT2D eigenvalue weighted by atomic mass is 16.7. The second-order valence-corrected chi connectivity index (χ2v) is 3.26. The van der Waals surface area contributed by atoms with Crippen molar-refractivity contribution < 1.29 is 24.1 Å². The van der Waals surface area contributed by atoms with Gasteiger partial charge in [-0.05, 0) is 24.3 Å². The molecule has 0 bridgehead atoms. The Balaban J connectivity index is 2.29.